The Morgan fingerprint density at radius 1 is 1.12 bits per heavy atom. The van der Waals surface area contributed by atoms with E-state index >= 15 is 0 Å². The summed E-state index contributed by atoms with van der Waals surface area (Å²) in [4.78, 5) is 38.4. The number of hydrogen-bond acceptors (Lipinski definition) is 8. The van der Waals surface area contributed by atoms with Gasteiger partial charge in [-0.2, -0.15) is 0 Å². The molecule has 10 N–H and O–H groups in total. The van der Waals surface area contributed by atoms with Crippen molar-refractivity contribution in [2.24, 2.45) is 23.1 Å². The highest BCUT2D eigenvalue weighted by atomic mass is 32.2. The maximum absolute atomic E-state index is 12.1. The predicted octanol–water partition coefficient (Wildman–Crippen LogP) is 2.20. The molecule has 3 rings (SSSR count). The van der Waals surface area contributed by atoms with Gasteiger partial charge in [0.25, 0.3) is 0 Å². The van der Waals surface area contributed by atoms with Crippen LogP contribution in [0.2, 0.25) is 0 Å². The first-order chi connectivity index (χ1) is 19.7. The largest absolute Gasteiger partial charge is 0.384 e. The van der Waals surface area contributed by atoms with Crippen LogP contribution in [-0.2, 0) is 16.0 Å². The van der Waals surface area contributed by atoms with Crippen molar-refractivity contribution in [3.8, 4) is 0 Å². The third-order valence-corrected chi connectivity index (χ3v) is 8.24. The van der Waals surface area contributed by atoms with Gasteiger partial charge in [0.2, 0.25) is 5.91 Å². The fourth-order valence-electron chi connectivity index (χ4n) is 5.12. The zero-order chi connectivity index (χ0) is 29.7. The third kappa shape index (κ3) is 10.8. The molecule has 0 radical (unpaired) electrons. The predicted molar refractivity (Wildman–Crippen MR) is 164 cm³/mol. The summed E-state index contributed by atoms with van der Waals surface area (Å²) in [5, 5.41) is 13.4. The monoisotopic (exact) mass is 582 g/mol. The van der Waals surface area contributed by atoms with Crippen LogP contribution in [0.25, 0.3) is 0 Å². The van der Waals surface area contributed by atoms with Crippen molar-refractivity contribution in [3.05, 3.63) is 59.7 Å². The highest BCUT2D eigenvalue weighted by molar-refractivity contribution is 7.97. The quantitative estimate of drug-likeness (QED) is 0.0677. The minimum atomic E-state index is -0.610. The van der Waals surface area contributed by atoms with Crippen LogP contribution in [0, 0.1) is 11.3 Å². The average Bonchev–Trinajstić information content (AvgIpc) is 2.93. The molecule has 2 aromatic rings. The van der Waals surface area contributed by atoms with Crippen molar-refractivity contribution in [1.82, 2.24) is 14.9 Å². The summed E-state index contributed by atoms with van der Waals surface area (Å²) in [5.41, 5.74) is 18.1. The minimum absolute atomic E-state index is 0.00318. The van der Waals surface area contributed by atoms with Crippen LogP contribution in [-0.4, -0.2) is 67.2 Å². The molecule has 12 heteroatoms. The van der Waals surface area contributed by atoms with Gasteiger partial charge in [0.05, 0.1) is 5.54 Å². The Labute approximate surface area is 246 Å². The van der Waals surface area contributed by atoms with Crippen LogP contribution in [0.4, 0.5) is 10.5 Å². The summed E-state index contributed by atoms with van der Waals surface area (Å²) in [6, 6.07) is 14.6. The maximum Gasteiger partial charge on any atom is 0.312 e. The first kappa shape index (κ1) is 32.1. The summed E-state index contributed by atoms with van der Waals surface area (Å²) in [6.45, 7) is 3.25. The molecule has 1 aliphatic heterocycles. The summed E-state index contributed by atoms with van der Waals surface area (Å²) in [7, 11) is 0. The second kappa shape index (κ2) is 16.1. The number of rotatable bonds is 16. The maximum atomic E-state index is 12.1. The molecule has 0 spiro atoms. The number of likely N-dealkylation sites (tertiary alicyclic amines) is 1. The van der Waals surface area contributed by atoms with Crippen LogP contribution in [0.15, 0.2) is 53.4 Å². The standard InChI is InChI=1S/C29H42N8O3S/c30-12-7-26(39)35-24-5-2-6-25(18-24)41-36-29(11-16-38,19-22-3-1-4-23(17-22)27(31)32)20-37-14-9-21(10-15-37)8-13-34-28(33)40/h1-6,16-18,21,36H,7-15,19-20,30H2,(H3,31,32)(H,35,39)(H3,33,34,40). The molecule has 41 heavy (non-hydrogen) atoms. The van der Waals surface area contributed by atoms with Gasteiger partial charge in [0.1, 0.15) is 12.1 Å². The Kier molecular flexibility index (Phi) is 12.6. The number of carbonyl (C=O) groups is 3. The van der Waals surface area contributed by atoms with E-state index in [1.54, 1.807) is 6.07 Å². The van der Waals surface area contributed by atoms with E-state index in [2.05, 4.69) is 20.3 Å². The number of carbonyl (C=O) groups excluding carboxylic acids is 3. The van der Waals surface area contributed by atoms with E-state index in [0.29, 0.717) is 36.7 Å². The highest BCUT2D eigenvalue weighted by Gasteiger charge is 2.34. The molecular weight excluding hydrogens is 540 g/mol. The molecule has 0 saturated carbocycles. The van der Waals surface area contributed by atoms with E-state index in [9.17, 15) is 14.4 Å². The number of nitrogens with two attached hydrogens (primary N) is 3. The minimum Gasteiger partial charge on any atom is -0.384 e. The second-order valence-corrected chi connectivity index (χ2v) is 11.4. The zero-order valence-corrected chi connectivity index (χ0v) is 24.2. The van der Waals surface area contributed by atoms with Gasteiger partial charge in [0, 0.05) is 48.6 Å². The fourth-order valence-corrected chi connectivity index (χ4v) is 6.01. The number of urea groups is 1. The number of piperidine rings is 1. The van der Waals surface area contributed by atoms with Crippen molar-refractivity contribution in [1.29, 1.82) is 5.41 Å². The molecule has 1 atom stereocenters. The lowest BCUT2D eigenvalue weighted by Crippen LogP contribution is -2.54. The van der Waals surface area contributed by atoms with Gasteiger partial charge < -0.3 is 37.5 Å². The van der Waals surface area contributed by atoms with Crippen molar-refractivity contribution >= 4 is 41.7 Å². The molecule has 1 unspecified atom stereocenters. The molecule has 1 saturated heterocycles. The molecule has 1 heterocycles. The number of nitrogens with one attached hydrogen (secondary N) is 4. The Morgan fingerprint density at radius 3 is 2.56 bits per heavy atom. The molecule has 0 bridgehead atoms. The molecule has 222 valence electrons. The van der Waals surface area contributed by atoms with Crippen LogP contribution < -0.4 is 32.6 Å². The SMILES string of the molecule is N=C(N)c1cccc(CC(CC=O)(CN2CCC(CCNC(N)=O)CC2)NSc2cccc(NC(=O)CCN)c2)c1. The number of nitrogens with zero attached hydrogens (tertiary/aromatic N) is 1. The number of amides is 3. The number of primary amides is 1. The Bertz CT molecular complexity index is 1190. The van der Waals surface area contributed by atoms with E-state index in [4.69, 9.17) is 22.6 Å². The van der Waals surface area contributed by atoms with E-state index in [1.807, 2.05) is 42.5 Å². The number of anilines is 1. The second-order valence-electron chi connectivity index (χ2n) is 10.6. The van der Waals surface area contributed by atoms with E-state index in [1.165, 1.54) is 11.9 Å². The van der Waals surface area contributed by atoms with Gasteiger partial charge in [0.15, 0.2) is 0 Å². The lowest BCUT2D eigenvalue weighted by atomic mass is 9.86. The normalized spacial score (nSPS) is 15.5. The molecule has 2 aromatic carbocycles. The zero-order valence-electron chi connectivity index (χ0n) is 23.4. The molecule has 3 amide bonds. The topological polar surface area (TPSA) is 192 Å². The van der Waals surface area contributed by atoms with Crippen LogP contribution in [0.5, 0.6) is 0 Å². The van der Waals surface area contributed by atoms with Gasteiger partial charge in [-0.1, -0.05) is 24.3 Å². The van der Waals surface area contributed by atoms with Crippen molar-refractivity contribution in [2.45, 2.75) is 49.0 Å². The molecule has 1 aliphatic rings. The fraction of sp³-hybridized carbons (Fsp3) is 0.448. The molecule has 11 nitrogen and oxygen atoms in total. The first-order valence-corrected chi connectivity index (χ1v) is 14.7. The van der Waals surface area contributed by atoms with E-state index in [0.717, 1.165) is 49.1 Å². The van der Waals surface area contributed by atoms with Crippen molar-refractivity contribution in [3.63, 3.8) is 0 Å². The van der Waals surface area contributed by atoms with Gasteiger partial charge in [-0.15, -0.1) is 0 Å². The number of aldehydes is 1. The Balaban J connectivity index is 1.77. The van der Waals surface area contributed by atoms with Crippen LogP contribution >= 0.6 is 11.9 Å². The van der Waals surface area contributed by atoms with E-state index in [-0.39, 0.29) is 31.1 Å². The van der Waals surface area contributed by atoms with Crippen LogP contribution in [0.3, 0.4) is 0 Å². The highest BCUT2D eigenvalue weighted by Crippen LogP contribution is 2.29. The summed E-state index contributed by atoms with van der Waals surface area (Å²) in [5.74, 6) is 0.360. The summed E-state index contributed by atoms with van der Waals surface area (Å²) >= 11 is 1.42. The summed E-state index contributed by atoms with van der Waals surface area (Å²) < 4.78 is 3.62. The van der Waals surface area contributed by atoms with Gasteiger partial charge >= 0.3 is 6.03 Å². The smallest absolute Gasteiger partial charge is 0.312 e. The van der Waals surface area contributed by atoms with Crippen molar-refractivity contribution in [2.75, 3.05) is 38.0 Å². The van der Waals surface area contributed by atoms with Crippen molar-refractivity contribution < 1.29 is 14.4 Å². The Morgan fingerprint density at radius 2 is 1.88 bits per heavy atom. The third-order valence-electron chi connectivity index (χ3n) is 7.21. The van der Waals surface area contributed by atoms with Gasteiger partial charge in [-0.3, -0.25) is 14.9 Å². The lowest BCUT2D eigenvalue weighted by Gasteiger charge is -2.41. The molecule has 0 aliphatic carbocycles. The molecule has 0 aromatic heterocycles. The lowest BCUT2D eigenvalue weighted by molar-refractivity contribution is -0.116. The Hall–Kier alpha value is -3.45. The average molecular weight is 583 g/mol. The molecule has 1 fully saturated rings. The molecular formula is C29H42N8O3S. The number of nitrogen functional groups attached to an aromatic ring is 1. The van der Waals surface area contributed by atoms with E-state index < -0.39 is 11.6 Å². The number of benzene rings is 2. The van der Waals surface area contributed by atoms with Gasteiger partial charge in [-0.05, 0) is 86.5 Å². The van der Waals surface area contributed by atoms with Gasteiger partial charge in [-0.25, -0.2) is 4.79 Å². The van der Waals surface area contributed by atoms with Crippen LogP contribution in [0.1, 0.15) is 43.2 Å². The summed E-state index contributed by atoms with van der Waals surface area (Å²) in [6.07, 6.45) is 4.91. The first-order valence-electron chi connectivity index (χ1n) is 13.9. The number of hydrogen-bond donors (Lipinski definition) is 7. The number of amidine groups is 1.